The first kappa shape index (κ1) is 38.1. The molecule has 5 atom stereocenters. The van der Waals surface area contributed by atoms with E-state index in [2.05, 4.69) is 45.1 Å². The van der Waals surface area contributed by atoms with Crippen LogP contribution in [-0.4, -0.2) is 45.7 Å². The molecule has 1 fully saturated rings. The Bertz CT molecular complexity index is 1360. The molecular weight excluding hydrogens is 560 g/mol. The minimum atomic E-state index is -0.807. The van der Waals surface area contributed by atoms with Gasteiger partial charge in [0.15, 0.2) is 5.78 Å². The van der Waals surface area contributed by atoms with Crippen molar-refractivity contribution >= 4 is 11.6 Å². The minimum absolute atomic E-state index is 0.0648. The number of ether oxygens (including phenoxy) is 1. The summed E-state index contributed by atoms with van der Waals surface area (Å²) in [5, 5.41) is 20.4. The molecule has 5 nitrogen and oxygen atoms in total. The molecule has 2 N–H and O–H groups in total. The smallest absolute Gasteiger partial charge is 0.161 e. The molecular formula is C40H56O5. The van der Waals surface area contributed by atoms with Gasteiger partial charge >= 0.3 is 0 Å². The molecule has 0 amide bonds. The molecule has 5 heteroatoms. The number of carbonyl (C=O) groups excluding carboxylic acids is 2. The van der Waals surface area contributed by atoms with Crippen LogP contribution in [0.2, 0.25) is 0 Å². The van der Waals surface area contributed by atoms with Crippen molar-refractivity contribution in [3.8, 4) is 0 Å². The van der Waals surface area contributed by atoms with Crippen molar-refractivity contribution < 1.29 is 24.5 Å². The van der Waals surface area contributed by atoms with E-state index in [1.54, 1.807) is 6.92 Å². The summed E-state index contributed by atoms with van der Waals surface area (Å²) in [6, 6.07) is 0. The van der Waals surface area contributed by atoms with Crippen LogP contribution in [0, 0.1) is 11.3 Å². The van der Waals surface area contributed by atoms with Gasteiger partial charge in [0.1, 0.15) is 11.9 Å². The lowest BCUT2D eigenvalue weighted by Gasteiger charge is -2.38. The molecule has 0 saturated carbocycles. The van der Waals surface area contributed by atoms with Gasteiger partial charge in [0.2, 0.25) is 0 Å². The van der Waals surface area contributed by atoms with Crippen molar-refractivity contribution in [2.75, 3.05) is 0 Å². The van der Waals surface area contributed by atoms with Crippen LogP contribution >= 0.6 is 0 Å². The van der Waals surface area contributed by atoms with Crippen LogP contribution in [0.4, 0.5) is 0 Å². The highest BCUT2D eigenvalue weighted by molar-refractivity contribution is 5.95. The Morgan fingerprint density at radius 3 is 1.96 bits per heavy atom. The van der Waals surface area contributed by atoms with Gasteiger partial charge in [-0.25, -0.2) is 0 Å². The van der Waals surface area contributed by atoms with Crippen molar-refractivity contribution in [2.24, 2.45) is 11.3 Å². The van der Waals surface area contributed by atoms with Crippen LogP contribution in [0.15, 0.2) is 106 Å². The third-order valence-electron chi connectivity index (χ3n) is 9.01. The molecule has 45 heavy (non-hydrogen) atoms. The number of allylic oxidation sites excluding steroid dienone is 17. The van der Waals surface area contributed by atoms with Gasteiger partial charge in [-0.3, -0.25) is 9.59 Å². The van der Waals surface area contributed by atoms with Crippen LogP contribution in [0.3, 0.4) is 0 Å². The quantitative estimate of drug-likeness (QED) is 0.160. The molecule has 1 heterocycles. The summed E-state index contributed by atoms with van der Waals surface area (Å²) in [7, 11) is 0. The summed E-state index contributed by atoms with van der Waals surface area (Å²) in [6.07, 6.45) is 24.5. The monoisotopic (exact) mass is 616 g/mol. The minimum Gasteiger partial charge on any atom is -0.390 e. The zero-order valence-electron chi connectivity index (χ0n) is 29.2. The molecule has 2 rings (SSSR count). The van der Waals surface area contributed by atoms with Crippen molar-refractivity contribution in [2.45, 2.75) is 119 Å². The van der Waals surface area contributed by atoms with Gasteiger partial charge in [0.05, 0.1) is 17.8 Å². The second kappa shape index (κ2) is 17.0. The van der Waals surface area contributed by atoms with E-state index in [4.69, 9.17) is 4.74 Å². The number of rotatable bonds is 13. The fourth-order valence-corrected chi connectivity index (χ4v) is 5.98. The molecule has 3 unspecified atom stereocenters. The van der Waals surface area contributed by atoms with Gasteiger partial charge in [-0.2, -0.15) is 0 Å². The lowest BCUT2D eigenvalue weighted by atomic mass is 9.70. The van der Waals surface area contributed by atoms with Crippen LogP contribution < -0.4 is 0 Å². The van der Waals surface area contributed by atoms with Crippen molar-refractivity contribution in [3.63, 3.8) is 0 Å². The van der Waals surface area contributed by atoms with Gasteiger partial charge in [-0.1, -0.05) is 110 Å². The molecule has 1 aliphatic carbocycles. The summed E-state index contributed by atoms with van der Waals surface area (Å²) in [4.78, 5) is 24.4. The topological polar surface area (TPSA) is 83.8 Å². The first-order valence-corrected chi connectivity index (χ1v) is 16.1. The van der Waals surface area contributed by atoms with E-state index >= 15 is 0 Å². The summed E-state index contributed by atoms with van der Waals surface area (Å²) in [5.74, 6) is 0.402. The fraction of sp³-hybridized carbons (Fsp3) is 0.500. The Labute approximate surface area is 272 Å². The normalized spacial score (nSPS) is 28.9. The van der Waals surface area contributed by atoms with Crippen LogP contribution in [0.1, 0.15) is 94.9 Å². The third-order valence-corrected chi connectivity index (χ3v) is 9.01. The highest BCUT2D eigenvalue weighted by Gasteiger charge is 2.44. The van der Waals surface area contributed by atoms with Gasteiger partial charge in [-0.15, -0.1) is 0 Å². The Hall–Kier alpha value is -3.12. The van der Waals surface area contributed by atoms with E-state index in [1.165, 1.54) is 0 Å². The summed E-state index contributed by atoms with van der Waals surface area (Å²) in [5.41, 5.74) is 5.15. The van der Waals surface area contributed by atoms with Crippen molar-refractivity contribution in [3.05, 3.63) is 106 Å². The largest absolute Gasteiger partial charge is 0.390 e. The first-order valence-electron chi connectivity index (χ1n) is 16.1. The van der Waals surface area contributed by atoms with Crippen LogP contribution in [0.25, 0.3) is 0 Å². The molecule has 0 spiro atoms. The lowest BCUT2D eigenvalue weighted by molar-refractivity contribution is -0.126. The molecule has 0 aromatic carbocycles. The molecule has 0 bridgehead atoms. The fourth-order valence-electron chi connectivity index (χ4n) is 5.98. The van der Waals surface area contributed by atoms with E-state index in [0.29, 0.717) is 24.8 Å². The Kier molecular flexibility index (Phi) is 14.4. The molecule has 1 saturated heterocycles. The summed E-state index contributed by atoms with van der Waals surface area (Å²) < 4.78 is 6.15. The Morgan fingerprint density at radius 1 is 0.844 bits per heavy atom. The highest BCUT2D eigenvalue weighted by atomic mass is 16.5. The number of hydrogen-bond donors (Lipinski definition) is 2. The molecule has 0 radical (unpaired) electrons. The average molecular weight is 617 g/mol. The van der Waals surface area contributed by atoms with Crippen molar-refractivity contribution in [1.82, 2.24) is 0 Å². The number of Topliss-reactive ketones (excluding diaryl/α,β-unsaturated/α-hetero) is 2. The second-order valence-corrected chi connectivity index (χ2v) is 13.9. The molecule has 246 valence electrons. The maximum Gasteiger partial charge on any atom is 0.161 e. The van der Waals surface area contributed by atoms with E-state index in [0.717, 1.165) is 34.3 Å². The number of aliphatic hydroxyl groups excluding tert-OH is 2. The predicted octanol–water partition coefficient (Wildman–Crippen LogP) is 8.59. The highest BCUT2D eigenvalue weighted by Crippen LogP contribution is 2.41. The maximum absolute atomic E-state index is 12.9. The number of aliphatic hydroxyl groups is 2. The first-order chi connectivity index (χ1) is 20.9. The molecule has 2 aliphatic rings. The van der Waals surface area contributed by atoms with E-state index in [1.807, 2.05) is 90.2 Å². The van der Waals surface area contributed by atoms with E-state index in [-0.39, 0.29) is 29.0 Å². The molecule has 0 aromatic rings. The Balaban J connectivity index is 1.90. The second-order valence-electron chi connectivity index (χ2n) is 13.9. The zero-order chi connectivity index (χ0) is 33.9. The summed E-state index contributed by atoms with van der Waals surface area (Å²) >= 11 is 0. The van der Waals surface area contributed by atoms with Crippen LogP contribution in [0.5, 0.6) is 0 Å². The van der Waals surface area contributed by atoms with Gasteiger partial charge < -0.3 is 14.9 Å². The SMILES string of the molecule is CC(=O)CC1CC(C)C(C)(CC(=O)/C(C)=C/C=C/C(C)=C/C=C/C=C(C)/C=C/C=C(C)/C=C/C2=C(C)[C@@H](O)[C@@H](O)CC2(C)C)O1. The average Bonchev–Trinajstić information content (AvgIpc) is 3.20. The van der Waals surface area contributed by atoms with E-state index in [9.17, 15) is 19.8 Å². The maximum atomic E-state index is 12.9. The van der Waals surface area contributed by atoms with Gasteiger partial charge in [-0.05, 0) is 89.4 Å². The van der Waals surface area contributed by atoms with Crippen molar-refractivity contribution in [1.29, 1.82) is 0 Å². The van der Waals surface area contributed by atoms with Gasteiger partial charge in [0.25, 0.3) is 0 Å². The number of hydrogen-bond acceptors (Lipinski definition) is 5. The molecule has 1 aliphatic heterocycles. The summed E-state index contributed by atoms with van der Waals surface area (Å²) in [6.45, 7) is 19.7. The lowest BCUT2D eigenvalue weighted by Crippen LogP contribution is -2.38. The van der Waals surface area contributed by atoms with Crippen LogP contribution in [-0.2, 0) is 14.3 Å². The van der Waals surface area contributed by atoms with Gasteiger partial charge in [0, 0.05) is 12.8 Å². The molecule has 0 aromatic heterocycles. The predicted molar refractivity (Wildman–Crippen MR) is 187 cm³/mol. The Morgan fingerprint density at radius 2 is 1.38 bits per heavy atom. The third kappa shape index (κ3) is 12.0. The number of ketones is 2. The zero-order valence-corrected chi connectivity index (χ0v) is 29.2. The van der Waals surface area contributed by atoms with E-state index < -0.39 is 17.8 Å². The number of carbonyl (C=O) groups is 2. The standard InChI is InChI=1S/C40H56O5/c1-27(17-13-18-29(3)21-22-35-33(7)38(44)37(43)25-39(35,8)9)15-11-12-16-28(2)19-14-20-30(4)36(42)26-40(10)31(5)23-34(45-40)24-32(6)41/h11-22,31,34,37-38,43-44H,23-26H2,1-10H3/b12-11+,17-13+,19-14+,22-21+,27-15+,28-16+,29-18+,30-20+/t31?,34?,37-,38+,40?/m0/s1.